The molecule has 4 nitrogen and oxygen atoms in total. The highest BCUT2D eigenvalue weighted by molar-refractivity contribution is 5.93. The van der Waals surface area contributed by atoms with Crippen molar-refractivity contribution in [2.75, 3.05) is 11.9 Å². The summed E-state index contributed by atoms with van der Waals surface area (Å²) in [5.74, 6) is 5.68. The number of anilines is 1. The molecular formula is C17H17N3O. The van der Waals surface area contributed by atoms with Gasteiger partial charge >= 0.3 is 0 Å². The molecule has 2 rings (SSSR count). The SMILES string of the molecule is Cc1ccc(C#CCN)c(NC(=O)Cc2cccnc2)c1. The number of benzene rings is 1. The Hall–Kier alpha value is -2.64. The summed E-state index contributed by atoms with van der Waals surface area (Å²) >= 11 is 0. The number of hydrogen-bond acceptors (Lipinski definition) is 3. The van der Waals surface area contributed by atoms with Gasteiger partial charge in [-0.15, -0.1) is 0 Å². The topological polar surface area (TPSA) is 68.0 Å². The third-order valence-electron chi connectivity index (χ3n) is 2.86. The van der Waals surface area contributed by atoms with Crippen molar-refractivity contribution in [3.8, 4) is 11.8 Å². The van der Waals surface area contributed by atoms with E-state index in [2.05, 4.69) is 22.1 Å². The van der Waals surface area contributed by atoms with Gasteiger partial charge in [-0.05, 0) is 36.2 Å². The van der Waals surface area contributed by atoms with Gasteiger partial charge in [-0.1, -0.05) is 24.0 Å². The third kappa shape index (κ3) is 4.44. The molecule has 0 saturated carbocycles. The van der Waals surface area contributed by atoms with Crippen LogP contribution in [-0.2, 0) is 11.2 Å². The molecule has 0 aliphatic carbocycles. The highest BCUT2D eigenvalue weighted by Crippen LogP contribution is 2.17. The van der Waals surface area contributed by atoms with Crippen molar-refractivity contribution in [1.29, 1.82) is 0 Å². The minimum atomic E-state index is -0.0931. The van der Waals surface area contributed by atoms with E-state index in [0.29, 0.717) is 5.69 Å². The predicted molar refractivity (Wildman–Crippen MR) is 83.7 cm³/mol. The van der Waals surface area contributed by atoms with Gasteiger partial charge in [0.15, 0.2) is 0 Å². The first-order chi connectivity index (χ1) is 10.2. The minimum Gasteiger partial charge on any atom is -0.325 e. The Morgan fingerprint density at radius 3 is 2.95 bits per heavy atom. The smallest absolute Gasteiger partial charge is 0.228 e. The lowest BCUT2D eigenvalue weighted by molar-refractivity contribution is -0.115. The number of nitrogens with zero attached hydrogens (tertiary/aromatic N) is 1. The molecule has 4 heteroatoms. The average Bonchev–Trinajstić information content (AvgIpc) is 2.47. The van der Waals surface area contributed by atoms with E-state index < -0.39 is 0 Å². The van der Waals surface area contributed by atoms with Crippen molar-refractivity contribution in [1.82, 2.24) is 4.98 Å². The zero-order chi connectivity index (χ0) is 15.1. The van der Waals surface area contributed by atoms with Gasteiger partial charge in [0, 0.05) is 18.0 Å². The van der Waals surface area contributed by atoms with Crippen LogP contribution in [0, 0.1) is 18.8 Å². The van der Waals surface area contributed by atoms with Crippen LogP contribution in [-0.4, -0.2) is 17.4 Å². The summed E-state index contributed by atoms with van der Waals surface area (Å²) in [5.41, 5.74) is 8.81. The Balaban J connectivity index is 2.14. The molecule has 1 heterocycles. The molecule has 0 saturated heterocycles. The number of pyridine rings is 1. The largest absolute Gasteiger partial charge is 0.325 e. The first kappa shape index (κ1) is 14.8. The molecule has 1 aromatic carbocycles. The van der Waals surface area contributed by atoms with Crippen molar-refractivity contribution >= 4 is 11.6 Å². The Morgan fingerprint density at radius 2 is 2.24 bits per heavy atom. The first-order valence-electron chi connectivity index (χ1n) is 6.67. The maximum Gasteiger partial charge on any atom is 0.228 e. The zero-order valence-corrected chi connectivity index (χ0v) is 11.9. The van der Waals surface area contributed by atoms with Crippen LogP contribution in [0.4, 0.5) is 5.69 Å². The van der Waals surface area contributed by atoms with E-state index in [1.807, 2.05) is 37.3 Å². The van der Waals surface area contributed by atoms with Crippen LogP contribution < -0.4 is 11.1 Å². The standard InChI is InChI=1S/C17H17N3O/c1-13-6-7-15(5-2-8-18)16(10-13)20-17(21)11-14-4-3-9-19-12-14/h3-4,6-7,9-10,12H,8,11,18H2,1H3,(H,20,21). The molecular weight excluding hydrogens is 262 g/mol. The summed E-state index contributed by atoms with van der Waals surface area (Å²) in [5, 5.41) is 2.90. The number of nitrogens with two attached hydrogens (primary N) is 1. The van der Waals surface area contributed by atoms with E-state index in [-0.39, 0.29) is 18.9 Å². The van der Waals surface area contributed by atoms with Gasteiger partial charge in [-0.3, -0.25) is 9.78 Å². The van der Waals surface area contributed by atoms with Crippen molar-refractivity contribution in [3.63, 3.8) is 0 Å². The lowest BCUT2D eigenvalue weighted by Crippen LogP contribution is -2.15. The fourth-order valence-electron chi connectivity index (χ4n) is 1.90. The van der Waals surface area contributed by atoms with Crippen molar-refractivity contribution < 1.29 is 4.79 Å². The Kier molecular flexibility index (Phi) is 5.08. The quantitative estimate of drug-likeness (QED) is 0.843. The molecule has 0 aliphatic rings. The second kappa shape index (κ2) is 7.22. The molecule has 2 aromatic rings. The molecule has 0 spiro atoms. The summed E-state index contributed by atoms with van der Waals surface area (Å²) in [6.45, 7) is 2.26. The normalized spacial score (nSPS) is 9.62. The van der Waals surface area contributed by atoms with Gasteiger partial charge in [-0.2, -0.15) is 0 Å². The van der Waals surface area contributed by atoms with Gasteiger partial charge in [0.1, 0.15) is 0 Å². The molecule has 3 N–H and O–H groups in total. The Bertz CT molecular complexity index is 684. The molecule has 21 heavy (non-hydrogen) atoms. The molecule has 0 fully saturated rings. The van der Waals surface area contributed by atoms with Crippen molar-refractivity contribution in [2.45, 2.75) is 13.3 Å². The van der Waals surface area contributed by atoms with Crippen LogP contribution in [0.1, 0.15) is 16.7 Å². The molecule has 0 bridgehead atoms. The van der Waals surface area contributed by atoms with E-state index in [0.717, 1.165) is 16.7 Å². The molecule has 1 aromatic heterocycles. The number of rotatable bonds is 3. The van der Waals surface area contributed by atoms with Crippen LogP contribution in [0.5, 0.6) is 0 Å². The summed E-state index contributed by atoms with van der Waals surface area (Å²) in [7, 11) is 0. The average molecular weight is 279 g/mol. The fraction of sp³-hybridized carbons (Fsp3) is 0.176. The summed E-state index contributed by atoms with van der Waals surface area (Å²) in [6, 6.07) is 9.43. The minimum absolute atomic E-state index is 0.0931. The van der Waals surface area contributed by atoms with Crippen molar-refractivity contribution in [3.05, 3.63) is 59.4 Å². The number of carbonyl (C=O) groups is 1. The number of hydrogen-bond donors (Lipinski definition) is 2. The van der Waals surface area contributed by atoms with Crippen LogP contribution in [0.3, 0.4) is 0 Å². The molecule has 106 valence electrons. The summed E-state index contributed by atoms with van der Waals surface area (Å²) < 4.78 is 0. The second-order valence-corrected chi connectivity index (χ2v) is 4.64. The summed E-state index contributed by atoms with van der Waals surface area (Å²) in [6.07, 6.45) is 3.65. The Labute approximate surface area is 124 Å². The number of nitrogens with one attached hydrogen (secondary N) is 1. The van der Waals surface area contributed by atoms with Crippen molar-refractivity contribution in [2.24, 2.45) is 5.73 Å². The van der Waals surface area contributed by atoms with E-state index in [1.54, 1.807) is 12.4 Å². The lowest BCUT2D eigenvalue weighted by atomic mass is 10.1. The molecule has 0 aliphatic heterocycles. The molecule has 0 radical (unpaired) electrons. The van der Waals surface area contributed by atoms with Crippen LogP contribution in [0.25, 0.3) is 0 Å². The maximum atomic E-state index is 12.1. The van der Waals surface area contributed by atoms with E-state index in [9.17, 15) is 4.79 Å². The van der Waals surface area contributed by atoms with Gasteiger partial charge < -0.3 is 11.1 Å². The van der Waals surface area contributed by atoms with Gasteiger partial charge in [0.2, 0.25) is 5.91 Å². The molecule has 1 amide bonds. The molecule has 0 atom stereocenters. The number of carbonyl (C=O) groups excluding carboxylic acids is 1. The van der Waals surface area contributed by atoms with Gasteiger partial charge in [0.25, 0.3) is 0 Å². The summed E-state index contributed by atoms with van der Waals surface area (Å²) in [4.78, 5) is 16.1. The monoisotopic (exact) mass is 279 g/mol. The van der Waals surface area contributed by atoms with Crippen LogP contribution in [0.15, 0.2) is 42.7 Å². The van der Waals surface area contributed by atoms with Crippen LogP contribution in [0.2, 0.25) is 0 Å². The highest BCUT2D eigenvalue weighted by Gasteiger charge is 2.07. The van der Waals surface area contributed by atoms with Crippen LogP contribution >= 0.6 is 0 Å². The first-order valence-corrected chi connectivity index (χ1v) is 6.67. The Morgan fingerprint density at radius 1 is 1.38 bits per heavy atom. The van der Waals surface area contributed by atoms with E-state index in [4.69, 9.17) is 5.73 Å². The number of aryl methyl sites for hydroxylation is 1. The molecule has 0 unspecified atom stereocenters. The lowest BCUT2D eigenvalue weighted by Gasteiger charge is -2.08. The van der Waals surface area contributed by atoms with E-state index >= 15 is 0 Å². The second-order valence-electron chi connectivity index (χ2n) is 4.64. The highest BCUT2D eigenvalue weighted by atomic mass is 16.1. The van der Waals surface area contributed by atoms with E-state index in [1.165, 1.54) is 0 Å². The van der Waals surface area contributed by atoms with Gasteiger partial charge in [0.05, 0.1) is 18.7 Å². The third-order valence-corrected chi connectivity index (χ3v) is 2.86. The number of amides is 1. The maximum absolute atomic E-state index is 12.1. The number of aromatic nitrogens is 1. The fourth-order valence-corrected chi connectivity index (χ4v) is 1.90. The zero-order valence-electron chi connectivity index (χ0n) is 11.9. The predicted octanol–water partition coefficient (Wildman–Crippen LogP) is 1.88. The van der Waals surface area contributed by atoms with Gasteiger partial charge in [-0.25, -0.2) is 0 Å².